The van der Waals surface area contributed by atoms with Gasteiger partial charge >= 0.3 is 12.1 Å². The van der Waals surface area contributed by atoms with Crippen LogP contribution in [0, 0.1) is 5.41 Å². The Bertz CT molecular complexity index is 1480. The molecule has 2 aromatic carbocycles. The zero-order chi connectivity index (χ0) is 31.7. The molecule has 44 heavy (non-hydrogen) atoms. The first-order valence-corrected chi connectivity index (χ1v) is 15.2. The van der Waals surface area contributed by atoms with Crippen molar-refractivity contribution < 1.29 is 23.9 Å². The summed E-state index contributed by atoms with van der Waals surface area (Å²) in [7, 11) is 1.94. The molecule has 0 radical (unpaired) electrons. The summed E-state index contributed by atoms with van der Waals surface area (Å²) in [5.41, 5.74) is 2.63. The second-order valence-corrected chi connectivity index (χ2v) is 11.0. The Morgan fingerprint density at radius 3 is 2.45 bits per heavy atom. The molecule has 0 spiro atoms. The van der Waals surface area contributed by atoms with E-state index in [0.717, 1.165) is 53.8 Å². The zero-order valence-corrected chi connectivity index (χ0v) is 26.0. The van der Waals surface area contributed by atoms with Crippen LogP contribution >= 0.6 is 0 Å². The van der Waals surface area contributed by atoms with E-state index < -0.39 is 17.6 Å². The van der Waals surface area contributed by atoms with Crippen molar-refractivity contribution in [2.75, 3.05) is 38.2 Å². The molecule has 4 rings (SSSR count). The first kappa shape index (κ1) is 32.5. The van der Waals surface area contributed by atoms with Gasteiger partial charge in [-0.05, 0) is 75.1 Å². The Morgan fingerprint density at radius 1 is 1.05 bits per heavy atom. The number of anilines is 1. The maximum atomic E-state index is 13.7. The normalized spacial score (nSPS) is 14.2. The molecule has 1 fully saturated rings. The van der Waals surface area contributed by atoms with Gasteiger partial charge in [0, 0.05) is 31.4 Å². The number of likely N-dealkylation sites (tertiary alicyclic amines) is 1. The molecule has 1 aromatic heterocycles. The number of imidazole rings is 1. The van der Waals surface area contributed by atoms with Crippen LogP contribution in [-0.4, -0.2) is 71.1 Å². The van der Waals surface area contributed by atoms with Crippen molar-refractivity contribution in [3.63, 3.8) is 0 Å². The van der Waals surface area contributed by atoms with Crippen LogP contribution in [0.25, 0.3) is 11.0 Å². The summed E-state index contributed by atoms with van der Waals surface area (Å²) >= 11 is 0. The van der Waals surface area contributed by atoms with Gasteiger partial charge in [-0.2, -0.15) is 0 Å². The van der Waals surface area contributed by atoms with Gasteiger partial charge < -0.3 is 24.3 Å². The zero-order valence-electron chi connectivity index (χ0n) is 26.0. The summed E-state index contributed by atoms with van der Waals surface area (Å²) in [4.78, 5) is 44.4. The highest BCUT2D eigenvalue weighted by molar-refractivity contribution is 6.04. The molecule has 1 saturated heterocycles. The van der Waals surface area contributed by atoms with Crippen molar-refractivity contribution >= 4 is 40.5 Å². The van der Waals surface area contributed by atoms with E-state index in [1.54, 1.807) is 19.1 Å². The number of nitrogens with zero attached hydrogens (tertiary/aromatic N) is 3. The topological polar surface area (TPSA) is 151 Å². The second kappa shape index (κ2) is 14.8. The molecule has 3 aromatic rings. The van der Waals surface area contributed by atoms with Gasteiger partial charge in [-0.1, -0.05) is 19.4 Å². The van der Waals surface area contributed by atoms with Crippen LogP contribution in [0.5, 0.6) is 0 Å². The number of unbranched alkanes of at least 4 members (excludes halogenated alkanes) is 1. The third-order valence-corrected chi connectivity index (χ3v) is 7.85. The minimum absolute atomic E-state index is 0.0313. The van der Waals surface area contributed by atoms with Crippen molar-refractivity contribution in [2.45, 2.75) is 58.5 Å². The summed E-state index contributed by atoms with van der Waals surface area (Å²) in [6.07, 6.45) is 2.99. The van der Waals surface area contributed by atoms with E-state index in [1.165, 1.54) is 0 Å². The lowest BCUT2D eigenvalue weighted by atomic mass is 9.89. The van der Waals surface area contributed by atoms with E-state index in [1.807, 2.05) is 60.7 Å². The highest BCUT2D eigenvalue weighted by Gasteiger charge is 2.40. The van der Waals surface area contributed by atoms with Gasteiger partial charge in [0.15, 0.2) is 0 Å². The number of esters is 1. The Labute approximate surface area is 258 Å². The fraction of sp³-hybridized carbons (Fsp3) is 0.469. The number of rotatable bonds is 13. The Hall–Kier alpha value is -4.45. The van der Waals surface area contributed by atoms with Crippen LogP contribution in [0.15, 0.2) is 42.5 Å². The fourth-order valence-electron chi connectivity index (χ4n) is 5.17. The summed E-state index contributed by atoms with van der Waals surface area (Å²) in [5.74, 6) is 0.275. The maximum absolute atomic E-state index is 13.7. The molecule has 1 aliphatic heterocycles. The van der Waals surface area contributed by atoms with Gasteiger partial charge in [-0.25, -0.2) is 9.78 Å². The number of nitrogens with one attached hydrogen (secondary N) is 4. The third kappa shape index (κ3) is 7.73. The van der Waals surface area contributed by atoms with Gasteiger partial charge in [-0.3, -0.25) is 25.6 Å². The number of amidine groups is 1. The minimum atomic E-state index is -1.13. The Balaban J connectivity index is 1.46. The van der Waals surface area contributed by atoms with Gasteiger partial charge in [-0.15, -0.1) is 0 Å². The fourth-order valence-corrected chi connectivity index (χ4v) is 5.17. The largest absolute Gasteiger partial charge is 0.465 e. The molecule has 1 atom stereocenters. The highest BCUT2D eigenvalue weighted by Crippen LogP contribution is 2.29. The standard InChI is InChI=1S/C32H43N7O5/c1-5-7-18-44-31(42)37-29(33)22-10-13-24(14-11-22)34-20-27-36-25-19-23(12-15-26(25)38(27)4)32(3,35-21-28(40)43-6-2)30(41)39-16-8-9-17-39/h10-15,19,34-35H,5-9,16-18,20-21H2,1-4H3,(H2,33,37,42). The number of amides is 2. The number of hydrogen-bond acceptors (Lipinski definition) is 9. The van der Waals surface area contributed by atoms with E-state index in [9.17, 15) is 14.4 Å². The SMILES string of the molecule is CCCCOC(=O)NC(=N)c1ccc(NCc2nc3cc(C(C)(NCC(=O)OCC)C(=O)N4CCCC4)ccc3n2C)cc1. The van der Waals surface area contributed by atoms with Crippen LogP contribution < -0.4 is 16.0 Å². The number of fused-ring (bicyclic) bond motifs is 1. The predicted octanol–water partition coefficient (Wildman–Crippen LogP) is 4.03. The molecule has 12 heteroatoms. The lowest BCUT2D eigenvalue weighted by Gasteiger charge is -2.33. The lowest BCUT2D eigenvalue weighted by Crippen LogP contribution is -2.54. The molecule has 2 amide bonds. The van der Waals surface area contributed by atoms with E-state index in [-0.39, 0.29) is 24.9 Å². The summed E-state index contributed by atoms with van der Waals surface area (Å²) in [6, 6.07) is 12.9. The number of benzene rings is 2. The summed E-state index contributed by atoms with van der Waals surface area (Å²) in [6.45, 7) is 7.91. The van der Waals surface area contributed by atoms with Crippen molar-refractivity contribution in [2.24, 2.45) is 7.05 Å². The van der Waals surface area contributed by atoms with Gasteiger partial charge in [0.1, 0.15) is 17.2 Å². The van der Waals surface area contributed by atoms with Crippen molar-refractivity contribution in [1.29, 1.82) is 5.41 Å². The van der Waals surface area contributed by atoms with E-state index in [4.69, 9.17) is 19.9 Å². The smallest absolute Gasteiger partial charge is 0.412 e. The average Bonchev–Trinajstić information content (AvgIpc) is 3.67. The summed E-state index contributed by atoms with van der Waals surface area (Å²) in [5, 5.41) is 17.1. The molecular formula is C32H43N7O5. The van der Waals surface area contributed by atoms with Crippen LogP contribution in [0.1, 0.15) is 63.4 Å². The number of ether oxygens (including phenoxy) is 2. The van der Waals surface area contributed by atoms with Crippen molar-refractivity contribution in [3.05, 3.63) is 59.4 Å². The van der Waals surface area contributed by atoms with E-state index >= 15 is 0 Å². The summed E-state index contributed by atoms with van der Waals surface area (Å²) < 4.78 is 12.2. The maximum Gasteiger partial charge on any atom is 0.412 e. The number of carbonyl (C=O) groups is 3. The second-order valence-electron chi connectivity index (χ2n) is 11.0. The van der Waals surface area contributed by atoms with Gasteiger partial charge in [0.2, 0.25) is 5.91 Å². The third-order valence-electron chi connectivity index (χ3n) is 7.85. The minimum Gasteiger partial charge on any atom is -0.465 e. The number of hydrogen-bond donors (Lipinski definition) is 4. The molecule has 0 saturated carbocycles. The molecule has 236 valence electrons. The Kier molecular flexibility index (Phi) is 10.9. The molecule has 12 nitrogen and oxygen atoms in total. The number of carbonyl (C=O) groups excluding carboxylic acids is 3. The van der Waals surface area contributed by atoms with Crippen LogP contribution in [0.4, 0.5) is 10.5 Å². The average molecular weight is 606 g/mol. The van der Waals surface area contributed by atoms with Crippen LogP contribution in [0.2, 0.25) is 0 Å². The highest BCUT2D eigenvalue weighted by atomic mass is 16.5. The number of alkyl carbamates (subject to hydrolysis) is 1. The first-order chi connectivity index (χ1) is 21.2. The van der Waals surface area contributed by atoms with Gasteiger partial charge in [0.05, 0.1) is 37.3 Å². The van der Waals surface area contributed by atoms with Crippen LogP contribution in [-0.2, 0) is 38.2 Å². The van der Waals surface area contributed by atoms with E-state index in [2.05, 4.69) is 16.0 Å². The molecule has 0 aliphatic carbocycles. The number of aryl methyl sites for hydroxylation is 1. The molecule has 1 aliphatic rings. The molecule has 2 heterocycles. The monoisotopic (exact) mass is 605 g/mol. The molecule has 0 bridgehead atoms. The van der Waals surface area contributed by atoms with E-state index in [0.29, 0.717) is 31.8 Å². The van der Waals surface area contributed by atoms with Crippen LogP contribution in [0.3, 0.4) is 0 Å². The predicted molar refractivity (Wildman–Crippen MR) is 169 cm³/mol. The van der Waals surface area contributed by atoms with Gasteiger partial charge in [0.25, 0.3) is 0 Å². The molecule has 4 N–H and O–H groups in total. The van der Waals surface area contributed by atoms with Crippen molar-refractivity contribution in [3.8, 4) is 0 Å². The first-order valence-electron chi connectivity index (χ1n) is 15.2. The lowest BCUT2D eigenvalue weighted by molar-refractivity contribution is -0.143. The quantitative estimate of drug-likeness (QED) is 0.0987. The van der Waals surface area contributed by atoms with Crippen molar-refractivity contribution in [1.82, 2.24) is 25.1 Å². The Morgan fingerprint density at radius 2 is 1.77 bits per heavy atom. The molecular weight excluding hydrogens is 562 g/mol. The number of aromatic nitrogens is 2. The molecule has 1 unspecified atom stereocenters.